The van der Waals surface area contributed by atoms with Gasteiger partial charge in [0.15, 0.2) is 11.8 Å². The summed E-state index contributed by atoms with van der Waals surface area (Å²) in [4.78, 5) is 14.7. The number of halogens is 3. The van der Waals surface area contributed by atoms with Crippen LogP contribution >= 0.6 is 11.8 Å². The molecule has 22 heavy (non-hydrogen) atoms. The molecule has 9 heteroatoms. The Hall–Kier alpha value is -1.90. The van der Waals surface area contributed by atoms with E-state index in [0.29, 0.717) is 5.69 Å². The first-order valence-corrected chi connectivity index (χ1v) is 7.23. The molecule has 0 spiro atoms. The van der Waals surface area contributed by atoms with E-state index in [4.69, 9.17) is 10.1 Å². The number of hydrogen-bond acceptors (Lipinski definition) is 5. The van der Waals surface area contributed by atoms with Gasteiger partial charge in [-0.2, -0.15) is 13.2 Å². The summed E-state index contributed by atoms with van der Waals surface area (Å²) < 4.78 is 41.9. The number of amidine groups is 1. The van der Waals surface area contributed by atoms with Gasteiger partial charge < -0.3 is 9.64 Å². The largest absolute Gasteiger partial charge is 0.482 e. The van der Waals surface area contributed by atoms with Gasteiger partial charge >= 0.3 is 6.18 Å². The number of anilines is 2. The number of carbonyl (C=O) groups is 1. The Balaban J connectivity index is 2.40. The Kier molecular flexibility index (Phi) is 4.55. The zero-order valence-corrected chi connectivity index (χ0v) is 12.7. The molecule has 120 valence electrons. The minimum atomic E-state index is -4.48. The van der Waals surface area contributed by atoms with Crippen molar-refractivity contribution in [2.75, 3.05) is 36.3 Å². The number of carbonyl (C=O) groups excluding carboxylic acids is 1. The van der Waals surface area contributed by atoms with Crippen molar-refractivity contribution >= 4 is 34.2 Å². The fraction of sp³-hybridized carbons (Fsp3) is 0.385. The molecule has 0 radical (unpaired) electrons. The zero-order chi connectivity index (χ0) is 16.5. The molecule has 0 unspecified atom stereocenters. The van der Waals surface area contributed by atoms with Gasteiger partial charge in [-0.25, -0.2) is 0 Å². The quantitative estimate of drug-likeness (QED) is 0.920. The van der Waals surface area contributed by atoms with Gasteiger partial charge in [-0.1, -0.05) is 11.8 Å². The van der Waals surface area contributed by atoms with E-state index in [2.05, 4.69) is 0 Å². The summed E-state index contributed by atoms with van der Waals surface area (Å²) in [7, 11) is 3.53. The predicted molar refractivity (Wildman–Crippen MR) is 80.0 cm³/mol. The van der Waals surface area contributed by atoms with E-state index in [-0.39, 0.29) is 28.3 Å². The average molecular weight is 333 g/mol. The molecule has 0 aliphatic carbocycles. The summed E-state index contributed by atoms with van der Waals surface area (Å²) in [5.41, 5.74) is 0.835. The minimum Gasteiger partial charge on any atom is -0.482 e. The first kappa shape index (κ1) is 16.5. The monoisotopic (exact) mass is 333 g/mol. The van der Waals surface area contributed by atoms with Crippen LogP contribution in [-0.4, -0.2) is 43.7 Å². The van der Waals surface area contributed by atoms with Crippen LogP contribution in [0.5, 0.6) is 5.75 Å². The summed E-state index contributed by atoms with van der Waals surface area (Å²) in [6.07, 6.45) is -4.48. The van der Waals surface area contributed by atoms with Crippen LogP contribution in [0.4, 0.5) is 24.5 Å². The van der Waals surface area contributed by atoms with Gasteiger partial charge in [0.25, 0.3) is 0 Å². The fourth-order valence-electron chi connectivity index (χ4n) is 1.86. The number of thioether (sulfide) groups is 1. The Morgan fingerprint density at radius 1 is 1.41 bits per heavy atom. The second-order valence-corrected chi connectivity index (χ2v) is 5.74. The third kappa shape index (κ3) is 3.65. The SMILES string of the molecule is CN(C)c1ccc(OCC(F)(F)F)c(N2C(=N)SCC2=O)c1. The van der Waals surface area contributed by atoms with Crippen LogP contribution in [0.25, 0.3) is 0 Å². The lowest BCUT2D eigenvalue weighted by Crippen LogP contribution is -2.30. The van der Waals surface area contributed by atoms with Crippen LogP contribution in [0.2, 0.25) is 0 Å². The number of ether oxygens (including phenoxy) is 1. The molecule has 2 rings (SSSR count). The molecule has 0 aromatic heterocycles. The van der Waals surface area contributed by atoms with E-state index in [1.807, 2.05) is 0 Å². The van der Waals surface area contributed by atoms with Crippen LogP contribution in [-0.2, 0) is 4.79 Å². The van der Waals surface area contributed by atoms with Crippen molar-refractivity contribution in [3.8, 4) is 5.75 Å². The van der Waals surface area contributed by atoms with Crippen LogP contribution in [0.15, 0.2) is 18.2 Å². The molecule has 1 heterocycles. The van der Waals surface area contributed by atoms with Crippen LogP contribution in [0.3, 0.4) is 0 Å². The molecule has 5 nitrogen and oxygen atoms in total. The highest BCUT2D eigenvalue weighted by Gasteiger charge is 2.33. The number of rotatable bonds is 4. The van der Waals surface area contributed by atoms with Gasteiger partial charge in [-0.05, 0) is 18.2 Å². The topological polar surface area (TPSA) is 56.6 Å². The van der Waals surface area contributed by atoms with Crippen molar-refractivity contribution in [2.24, 2.45) is 0 Å². The van der Waals surface area contributed by atoms with Gasteiger partial charge in [-0.3, -0.25) is 15.1 Å². The number of amides is 1. The van der Waals surface area contributed by atoms with Crippen LogP contribution < -0.4 is 14.5 Å². The lowest BCUT2D eigenvalue weighted by atomic mass is 10.2. The molecule has 0 atom stereocenters. The molecular formula is C13H14F3N3O2S. The van der Waals surface area contributed by atoms with Gasteiger partial charge in [0, 0.05) is 19.8 Å². The number of benzene rings is 1. The second-order valence-electron chi connectivity index (χ2n) is 4.77. The Morgan fingerprint density at radius 3 is 2.59 bits per heavy atom. The first-order chi connectivity index (χ1) is 10.2. The normalized spacial score (nSPS) is 15.4. The molecule has 1 fully saturated rings. The van der Waals surface area contributed by atoms with E-state index in [1.54, 1.807) is 25.1 Å². The number of nitrogens with one attached hydrogen (secondary N) is 1. The highest BCUT2D eigenvalue weighted by atomic mass is 32.2. The summed E-state index contributed by atoms with van der Waals surface area (Å²) in [6.45, 7) is -1.45. The van der Waals surface area contributed by atoms with Crippen LogP contribution in [0, 0.1) is 5.41 Å². The van der Waals surface area contributed by atoms with Gasteiger partial charge in [0.1, 0.15) is 5.75 Å². The summed E-state index contributed by atoms with van der Waals surface area (Å²) in [6, 6.07) is 4.50. The number of hydrogen-bond donors (Lipinski definition) is 1. The van der Waals surface area contributed by atoms with Crippen molar-refractivity contribution in [2.45, 2.75) is 6.18 Å². The van der Waals surface area contributed by atoms with E-state index in [0.717, 1.165) is 16.7 Å². The predicted octanol–water partition coefficient (Wildman–Crippen LogP) is 2.71. The zero-order valence-electron chi connectivity index (χ0n) is 11.9. The average Bonchev–Trinajstić information content (AvgIpc) is 2.74. The fourth-order valence-corrected chi connectivity index (χ4v) is 2.58. The number of nitrogens with zero attached hydrogens (tertiary/aromatic N) is 2. The van der Waals surface area contributed by atoms with Crippen molar-refractivity contribution in [1.29, 1.82) is 5.41 Å². The highest BCUT2D eigenvalue weighted by Crippen LogP contribution is 2.37. The molecule has 1 aromatic carbocycles. The number of alkyl halides is 3. The first-order valence-electron chi connectivity index (χ1n) is 6.24. The van der Waals surface area contributed by atoms with E-state index in [1.165, 1.54) is 12.1 Å². The Labute approximate surface area is 129 Å². The molecule has 1 aliphatic rings. The molecule has 1 saturated heterocycles. The lowest BCUT2D eigenvalue weighted by molar-refractivity contribution is -0.153. The molecule has 0 bridgehead atoms. The third-order valence-electron chi connectivity index (χ3n) is 2.88. The van der Waals surface area contributed by atoms with Crippen LogP contribution in [0.1, 0.15) is 0 Å². The van der Waals surface area contributed by atoms with Crippen molar-refractivity contribution in [3.63, 3.8) is 0 Å². The van der Waals surface area contributed by atoms with Gasteiger partial charge in [-0.15, -0.1) is 0 Å². The Bertz CT molecular complexity index is 589. The summed E-state index contributed by atoms with van der Waals surface area (Å²) in [5, 5.41) is 7.75. The summed E-state index contributed by atoms with van der Waals surface area (Å²) in [5.74, 6) is -0.352. The maximum Gasteiger partial charge on any atom is 0.422 e. The third-order valence-corrected chi connectivity index (χ3v) is 3.72. The van der Waals surface area contributed by atoms with Gasteiger partial charge in [0.05, 0.1) is 11.4 Å². The molecular weight excluding hydrogens is 319 g/mol. The summed E-state index contributed by atoms with van der Waals surface area (Å²) >= 11 is 1.02. The lowest BCUT2D eigenvalue weighted by Gasteiger charge is -2.22. The van der Waals surface area contributed by atoms with Gasteiger partial charge in [0.2, 0.25) is 5.91 Å². The second kappa shape index (κ2) is 6.07. The maximum absolute atomic E-state index is 12.4. The van der Waals surface area contributed by atoms with Crippen molar-refractivity contribution < 1.29 is 22.7 Å². The van der Waals surface area contributed by atoms with E-state index in [9.17, 15) is 18.0 Å². The van der Waals surface area contributed by atoms with E-state index < -0.39 is 12.8 Å². The molecule has 0 saturated carbocycles. The smallest absolute Gasteiger partial charge is 0.422 e. The van der Waals surface area contributed by atoms with E-state index >= 15 is 0 Å². The molecule has 1 N–H and O–H groups in total. The minimum absolute atomic E-state index is 0.0298. The molecule has 1 aliphatic heterocycles. The van der Waals surface area contributed by atoms with Crippen molar-refractivity contribution in [1.82, 2.24) is 0 Å². The van der Waals surface area contributed by atoms with Crippen molar-refractivity contribution in [3.05, 3.63) is 18.2 Å². The molecule has 1 aromatic rings. The Morgan fingerprint density at radius 2 is 2.09 bits per heavy atom. The highest BCUT2D eigenvalue weighted by molar-refractivity contribution is 8.15. The molecule has 1 amide bonds. The maximum atomic E-state index is 12.4. The standard InChI is InChI=1S/C13H14F3N3O2S/c1-18(2)8-3-4-10(21-7-13(14,15)16)9(5-8)19-11(20)6-22-12(19)17/h3-5,17H,6-7H2,1-2H3.